The number of aryl methyl sites for hydroxylation is 1. The molecule has 2 heterocycles. The van der Waals surface area contributed by atoms with Gasteiger partial charge < -0.3 is 19.6 Å². The van der Waals surface area contributed by atoms with E-state index in [1.807, 2.05) is 0 Å². The summed E-state index contributed by atoms with van der Waals surface area (Å²) in [7, 11) is 0. The van der Waals surface area contributed by atoms with E-state index in [9.17, 15) is 0 Å². The second-order valence-electron chi connectivity index (χ2n) is 5.19. The molecular weight excluding hydrogens is 248 g/mol. The molecule has 0 saturated carbocycles. The van der Waals surface area contributed by atoms with Gasteiger partial charge in [0.2, 0.25) is 11.8 Å². The highest BCUT2D eigenvalue weighted by atomic mass is 16.5. The number of nitrogens with zero attached hydrogens (tertiary/aromatic N) is 4. The van der Waals surface area contributed by atoms with Crippen LogP contribution < -0.4 is 10.6 Å². The molecule has 2 rings (SSSR count). The molecule has 0 unspecified atom stereocenters. The zero-order valence-corrected chi connectivity index (χ0v) is 11.5. The summed E-state index contributed by atoms with van der Waals surface area (Å²) in [5.41, 5.74) is 0.00419. The van der Waals surface area contributed by atoms with Crippen molar-refractivity contribution >= 4 is 6.01 Å². The Morgan fingerprint density at radius 3 is 2.58 bits per heavy atom. The van der Waals surface area contributed by atoms with Crippen LogP contribution >= 0.6 is 0 Å². The van der Waals surface area contributed by atoms with E-state index in [1.54, 1.807) is 6.92 Å². The number of nitrogens with one attached hydrogen (secondary N) is 2. The Labute approximate surface area is 111 Å². The standard InChI is InChI=1S/C11H18N6O2/c1-7-14-8(17-19-7)5-12-10-16-15-9(18-10)6-13-11(2,3)4/h13H,5-6H2,1-4H3,(H,12,16). The van der Waals surface area contributed by atoms with Crippen molar-refractivity contribution in [1.29, 1.82) is 0 Å². The molecule has 0 aliphatic carbocycles. The zero-order chi connectivity index (χ0) is 13.9. The highest BCUT2D eigenvalue weighted by Gasteiger charge is 2.12. The molecular formula is C11H18N6O2. The van der Waals surface area contributed by atoms with Gasteiger partial charge in [0.05, 0.1) is 13.1 Å². The van der Waals surface area contributed by atoms with Gasteiger partial charge in [0, 0.05) is 12.5 Å². The highest BCUT2D eigenvalue weighted by Crippen LogP contribution is 2.08. The SMILES string of the molecule is Cc1nc(CNc2nnc(CNC(C)(C)C)o2)no1. The van der Waals surface area contributed by atoms with Crippen LogP contribution in [-0.2, 0) is 13.1 Å². The van der Waals surface area contributed by atoms with Crippen LogP contribution in [0.5, 0.6) is 0 Å². The minimum Gasteiger partial charge on any atom is -0.407 e. The molecule has 0 bridgehead atoms. The van der Waals surface area contributed by atoms with E-state index in [1.165, 1.54) is 0 Å². The van der Waals surface area contributed by atoms with Crippen LogP contribution in [0.1, 0.15) is 38.4 Å². The van der Waals surface area contributed by atoms with Gasteiger partial charge in [0.15, 0.2) is 5.82 Å². The maximum atomic E-state index is 5.43. The molecule has 8 nitrogen and oxygen atoms in total. The minimum atomic E-state index is 0.00419. The van der Waals surface area contributed by atoms with Gasteiger partial charge in [-0.1, -0.05) is 10.3 Å². The molecule has 0 aliphatic heterocycles. The summed E-state index contributed by atoms with van der Waals surface area (Å²) in [6.07, 6.45) is 0. The lowest BCUT2D eigenvalue weighted by Gasteiger charge is -2.18. The summed E-state index contributed by atoms with van der Waals surface area (Å²) < 4.78 is 10.3. The van der Waals surface area contributed by atoms with E-state index >= 15 is 0 Å². The fraction of sp³-hybridized carbons (Fsp3) is 0.636. The molecule has 2 aromatic heterocycles. The Kier molecular flexibility index (Phi) is 3.79. The van der Waals surface area contributed by atoms with Crippen molar-refractivity contribution in [3.63, 3.8) is 0 Å². The van der Waals surface area contributed by atoms with Crippen LogP contribution in [0.25, 0.3) is 0 Å². The quantitative estimate of drug-likeness (QED) is 0.834. The number of anilines is 1. The van der Waals surface area contributed by atoms with E-state index in [4.69, 9.17) is 8.94 Å². The van der Waals surface area contributed by atoms with Gasteiger partial charge in [-0.15, -0.1) is 5.10 Å². The maximum absolute atomic E-state index is 5.43. The highest BCUT2D eigenvalue weighted by molar-refractivity contribution is 5.17. The number of aromatic nitrogens is 4. The lowest BCUT2D eigenvalue weighted by molar-refractivity contribution is 0.382. The lowest BCUT2D eigenvalue weighted by Crippen LogP contribution is -2.35. The van der Waals surface area contributed by atoms with Crippen LogP contribution in [0.3, 0.4) is 0 Å². The van der Waals surface area contributed by atoms with Gasteiger partial charge in [-0.3, -0.25) is 0 Å². The van der Waals surface area contributed by atoms with Crippen molar-refractivity contribution in [1.82, 2.24) is 25.7 Å². The van der Waals surface area contributed by atoms with Crippen molar-refractivity contribution in [2.45, 2.75) is 46.3 Å². The van der Waals surface area contributed by atoms with Gasteiger partial charge in [-0.2, -0.15) is 4.98 Å². The Morgan fingerprint density at radius 2 is 1.95 bits per heavy atom. The van der Waals surface area contributed by atoms with E-state index in [0.29, 0.717) is 36.7 Å². The largest absolute Gasteiger partial charge is 0.407 e. The normalized spacial score (nSPS) is 11.8. The van der Waals surface area contributed by atoms with Crippen molar-refractivity contribution in [3.8, 4) is 0 Å². The van der Waals surface area contributed by atoms with E-state index < -0.39 is 0 Å². The fourth-order valence-corrected chi connectivity index (χ4v) is 1.31. The van der Waals surface area contributed by atoms with Crippen molar-refractivity contribution < 1.29 is 8.94 Å². The average molecular weight is 266 g/mol. The summed E-state index contributed by atoms with van der Waals surface area (Å²) in [6, 6.07) is 0.341. The molecule has 0 radical (unpaired) electrons. The third-order valence-electron chi connectivity index (χ3n) is 2.20. The van der Waals surface area contributed by atoms with Crippen LogP contribution in [0.2, 0.25) is 0 Å². The van der Waals surface area contributed by atoms with Crippen LogP contribution in [0.15, 0.2) is 8.94 Å². The van der Waals surface area contributed by atoms with E-state index in [0.717, 1.165) is 0 Å². The molecule has 19 heavy (non-hydrogen) atoms. The van der Waals surface area contributed by atoms with E-state index in [-0.39, 0.29) is 5.54 Å². The minimum absolute atomic E-state index is 0.00419. The molecule has 2 aromatic rings. The average Bonchev–Trinajstić information content (AvgIpc) is 2.92. The molecule has 0 aromatic carbocycles. The molecule has 0 aliphatic rings. The van der Waals surface area contributed by atoms with Gasteiger partial charge in [0.1, 0.15) is 0 Å². The number of hydrogen-bond donors (Lipinski definition) is 2. The number of rotatable bonds is 5. The first kappa shape index (κ1) is 13.5. The molecule has 2 N–H and O–H groups in total. The predicted molar refractivity (Wildman–Crippen MR) is 67.3 cm³/mol. The van der Waals surface area contributed by atoms with Gasteiger partial charge in [0.25, 0.3) is 0 Å². The molecule has 0 spiro atoms. The Bertz CT molecular complexity index is 527. The van der Waals surface area contributed by atoms with Crippen molar-refractivity contribution in [3.05, 3.63) is 17.6 Å². The monoisotopic (exact) mass is 266 g/mol. The third kappa shape index (κ3) is 4.32. The molecule has 0 fully saturated rings. The summed E-state index contributed by atoms with van der Waals surface area (Å²) >= 11 is 0. The van der Waals surface area contributed by atoms with Gasteiger partial charge >= 0.3 is 6.01 Å². The van der Waals surface area contributed by atoms with Crippen LogP contribution in [0, 0.1) is 6.92 Å². The summed E-state index contributed by atoms with van der Waals surface area (Å²) in [6.45, 7) is 8.86. The summed E-state index contributed by atoms with van der Waals surface area (Å²) in [5.74, 6) is 1.60. The Balaban J connectivity index is 1.84. The summed E-state index contributed by atoms with van der Waals surface area (Å²) in [5, 5.41) is 17.8. The number of hydrogen-bond acceptors (Lipinski definition) is 8. The Morgan fingerprint density at radius 1 is 1.16 bits per heavy atom. The van der Waals surface area contributed by atoms with Crippen molar-refractivity contribution in [2.24, 2.45) is 0 Å². The molecule has 8 heteroatoms. The maximum Gasteiger partial charge on any atom is 0.315 e. The topological polar surface area (TPSA) is 102 Å². The molecule has 104 valence electrons. The van der Waals surface area contributed by atoms with E-state index in [2.05, 4.69) is 51.7 Å². The summed E-state index contributed by atoms with van der Waals surface area (Å²) in [4.78, 5) is 4.06. The van der Waals surface area contributed by atoms with Crippen molar-refractivity contribution in [2.75, 3.05) is 5.32 Å². The zero-order valence-electron chi connectivity index (χ0n) is 11.5. The second kappa shape index (κ2) is 5.35. The fourth-order valence-electron chi connectivity index (χ4n) is 1.31. The lowest BCUT2D eigenvalue weighted by atomic mass is 10.1. The molecule has 0 atom stereocenters. The van der Waals surface area contributed by atoms with Gasteiger partial charge in [-0.05, 0) is 20.8 Å². The first-order chi connectivity index (χ1) is 8.92. The third-order valence-corrected chi connectivity index (χ3v) is 2.20. The first-order valence-electron chi connectivity index (χ1n) is 6.03. The van der Waals surface area contributed by atoms with Gasteiger partial charge in [-0.25, -0.2) is 0 Å². The molecule has 0 saturated heterocycles. The molecule has 0 amide bonds. The Hall–Kier alpha value is -1.96. The smallest absolute Gasteiger partial charge is 0.315 e. The predicted octanol–water partition coefficient (Wildman–Crippen LogP) is 1.26. The second-order valence-corrected chi connectivity index (χ2v) is 5.19. The van der Waals surface area contributed by atoms with Crippen LogP contribution in [-0.4, -0.2) is 25.9 Å². The van der Waals surface area contributed by atoms with Crippen LogP contribution in [0.4, 0.5) is 6.01 Å². The first-order valence-corrected chi connectivity index (χ1v) is 6.03.